The highest BCUT2D eigenvalue weighted by atomic mass is 19.4. The number of esters is 1. The summed E-state index contributed by atoms with van der Waals surface area (Å²) in [6, 6.07) is -0.246. The number of pyridine rings is 1. The van der Waals surface area contributed by atoms with Crippen LogP contribution >= 0.6 is 0 Å². The zero-order chi connectivity index (χ0) is 16.4. The molecule has 1 heterocycles. The van der Waals surface area contributed by atoms with Gasteiger partial charge in [0.25, 0.3) is 0 Å². The Balaban J connectivity index is 3.35. The first-order valence-corrected chi connectivity index (χ1v) is 5.03. The van der Waals surface area contributed by atoms with Crippen molar-refractivity contribution in [3.8, 4) is 5.88 Å². The van der Waals surface area contributed by atoms with Crippen molar-refractivity contribution in [1.29, 1.82) is 0 Å². The van der Waals surface area contributed by atoms with Gasteiger partial charge in [0, 0.05) is 6.07 Å². The molecule has 21 heavy (non-hydrogen) atoms. The summed E-state index contributed by atoms with van der Waals surface area (Å²) in [6.07, 6.45) is -11.7. The maximum absolute atomic E-state index is 13.6. The molecule has 1 aromatic rings. The molecule has 0 aromatic carbocycles. The third kappa shape index (κ3) is 4.76. The minimum absolute atomic E-state index is 0.246. The van der Waals surface area contributed by atoms with Crippen LogP contribution in [0.5, 0.6) is 5.88 Å². The van der Waals surface area contributed by atoms with Gasteiger partial charge >= 0.3 is 18.5 Å². The van der Waals surface area contributed by atoms with Gasteiger partial charge in [-0.05, 0) is 0 Å². The second-order valence-electron chi connectivity index (χ2n) is 3.57. The molecule has 0 N–H and O–H groups in total. The van der Waals surface area contributed by atoms with E-state index in [0.29, 0.717) is 0 Å². The van der Waals surface area contributed by atoms with E-state index in [1.807, 2.05) is 0 Å². The van der Waals surface area contributed by atoms with Crippen LogP contribution in [0.2, 0.25) is 0 Å². The highest BCUT2D eigenvalue weighted by molar-refractivity contribution is 5.72. The van der Waals surface area contributed by atoms with Crippen LogP contribution in [0.15, 0.2) is 6.07 Å². The Bertz CT molecular complexity index is 539. The maximum Gasteiger partial charge on any atom is 0.574 e. The molecule has 11 heteroatoms. The van der Waals surface area contributed by atoms with Gasteiger partial charge in [-0.1, -0.05) is 0 Å². The lowest BCUT2D eigenvalue weighted by atomic mass is 10.1. The average Bonchev–Trinajstić information content (AvgIpc) is 2.29. The molecule has 0 radical (unpaired) electrons. The second-order valence-corrected chi connectivity index (χ2v) is 3.57. The van der Waals surface area contributed by atoms with Gasteiger partial charge in [0.2, 0.25) is 5.88 Å². The van der Waals surface area contributed by atoms with E-state index in [-0.39, 0.29) is 6.07 Å². The van der Waals surface area contributed by atoms with E-state index in [1.54, 1.807) is 0 Å². The molecule has 1 rings (SSSR count). The van der Waals surface area contributed by atoms with Crippen molar-refractivity contribution in [3.05, 3.63) is 23.1 Å². The number of ether oxygens (including phenoxy) is 2. The first-order chi connectivity index (χ1) is 9.44. The van der Waals surface area contributed by atoms with Gasteiger partial charge in [-0.15, -0.1) is 13.2 Å². The van der Waals surface area contributed by atoms with Crippen LogP contribution in [0.25, 0.3) is 0 Å². The number of carbonyl (C=O) groups is 1. The van der Waals surface area contributed by atoms with Crippen LogP contribution in [0.1, 0.15) is 11.3 Å². The van der Waals surface area contributed by atoms with Crippen LogP contribution in [0, 0.1) is 5.82 Å². The predicted molar refractivity (Wildman–Crippen MR) is 51.6 cm³/mol. The largest absolute Gasteiger partial charge is 0.574 e. The summed E-state index contributed by atoms with van der Waals surface area (Å²) in [5.74, 6) is -4.68. The third-order valence-electron chi connectivity index (χ3n) is 2.07. The molecule has 0 saturated carbocycles. The van der Waals surface area contributed by atoms with Crippen molar-refractivity contribution in [1.82, 2.24) is 4.98 Å². The topological polar surface area (TPSA) is 48.4 Å². The molecule has 118 valence electrons. The van der Waals surface area contributed by atoms with Gasteiger partial charge in [-0.25, -0.2) is 9.37 Å². The normalized spacial score (nSPS) is 12.2. The number of hydrogen-bond acceptors (Lipinski definition) is 4. The first-order valence-electron chi connectivity index (χ1n) is 5.03. The Morgan fingerprint density at radius 2 is 1.81 bits per heavy atom. The van der Waals surface area contributed by atoms with Crippen molar-refractivity contribution < 1.29 is 45.0 Å². The summed E-state index contributed by atoms with van der Waals surface area (Å²) in [4.78, 5) is 13.8. The number of carbonyl (C=O) groups excluding carboxylic acids is 1. The third-order valence-corrected chi connectivity index (χ3v) is 2.07. The fourth-order valence-electron chi connectivity index (χ4n) is 1.26. The van der Waals surface area contributed by atoms with Gasteiger partial charge in [-0.3, -0.25) is 4.79 Å². The van der Waals surface area contributed by atoms with E-state index in [9.17, 15) is 35.5 Å². The van der Waals surface area contributed by atoms with E-state index >= 15 is 0 Å². The molecule has 0 saturated heterocycles. The summed E-state index contributed by atoms with van der Waals surface area (Å²) < 4.78 is 94.5. The molecule has 0 unspecified atom stereocenters. The molecule has 0 amide bonds. The molecular weight excluding hydrogens is 315 g/mol. The van der Waals surface area contributed by atoms with Gasteiger partial charge in [0.05, 0.1) is 24.8 Å². The molecular formula is C10H6F7NO3. The predicted octanol–water partition coefficient (Wildman–Crippen LogP) is 2.85. The van der Waals surface area contributed by atoms with Gasteiger partial charge in [0.1, 0.15) is 0 Å². The Morgan fingerprint density at radius 1 is 1.24 bits per heavy atom. The first kappa shape index (κ1) is 17.0. The van der Waals surface area contributed by atoms with Crippen LogP contribution < -0.4 is 4.74 Å². The van der Waals surface area contributed by atoms with Crippen LogP contribution in [-0.4, -0.2) is 24.4 Å². The summed E-state index contributed by atoms with van der Waals surface area (Å²) in [6.45, 7) is 0. The molecule has 0 bridgehead atoms. The summed E-state index contributed by atoms with van der Waals surface area (Å²) >= 11 is 0. The fourth-order valence-corrected chi connectivity index (χ4v) is 1.26. The molecule has 4 nitrogen and oxygen atoms in total. The Hall–Kier alpha value is -2.07. The fraction of sp³-hybridized carbons (Fsp3) is 0.400. The number of nitrogens with zero attached hydrogens (tertiary/aromatic N) is 1. The summed E-state index contributed by atoms with van der Waals surface area (Å²) in [5, 5.41) is 0. The zero-order valence-corrected chi connectivity index (χ0v) is 10.1. The zero-order valence-electron chi connectivity index (χ0n) is 10.1. The number of aromatic nitrogens is 1. The monoisotopic (exact) mass is 321 g/mol. The minimum Gasteiger partial charge on any atom is -0.469 e. The van der Waals surface area contributed by atoms with Crippen LogP contribution in [0.4, 0.5) is 30.7 Å². The number of rotatable bonds is 3. The standard InChI is InChI=1S/C10H6F7NO3/c1-20-7(19)3-5-8(11)4(9(12,13)14)2-6(18-5)21-10(15,16)17/h2H,3H2,1H3. The second kappa shape index (κ2) is 5.74. The lowest BCUT2D eigenvalue weighted by Gasteiger charge is -2.14. The van der Waals surface area contributed by atoms with Crippen molar-refractivity contribution in [2.24, 2.45) is 0 Å². The number of halogens is 7. The Morgan fingerprint density at radius 3 is 2.24 bits per heavy atom. The number of hydrogen-bond donors (Lipinski definition) is 0. The molecule has 0 fully saturated rings. The van der Waals surface area contributed by atoms with E-state index in [4.69, 9.17) is 0 Å². The van der Waals surface area contributed by atoms with Gasteiger partial charge < -0.3 is 9.47 Å². The lowest BCUT2D eigenvalue weighted by molar-refractivity contribution is -0.276. The van der Waals surface area contributed by atoms with Crippen LogP contribution in [0.3, 0.4) is 0 Å². The smallest absolute Gasteiger partial charge is 0.469 e. The van der Waals surface area contributed by atoms with Crippen LogP contribution in [-0.2, 0) is 22.1 Å². The highest BCUT2D eigenvalue weighted by Crippen LogP contribution is 2.35. The molecule has 0 atom stereocenters. The van der Waals surface area contributed by atoms with Crippen molar-refractivity contribution in [2.75, 3.05) is 7.11 Å². The highest BCUT2D eigenvalue weighted by Gasteiger charge is 2.39. The van der Waals surface area contributed by atoms with E-state index in [1.165, 1.54) is 0 Å². The van der Waals surface area contributed by atoms with E-state index in [0.717, 1.165) is 7.11 Å². The SMILES string of the molecule is COC(=O)Cc1nc(OC(F)(F)F)cc(C(F)(F)F)c1F. The minimum atomic E-state index is -5.32. The quantitative estimate of drug-likeness (QED) is 0.634. The van der Waals surface area contributed by atoms with Gasteiger partial charge in [-0.2, -0.15) is 13.2 Å². The van der Waals surface area contributed by atoms with Crippen molar-refractivity contribution >= 4 is 5.97 Å². The summed E-state index contributed by atoms with van der Waals surface area (Å²) in [5.41, 5.74) is -3.20. The molecule has 0 aliphatic heterocycles. The lowest BCUT2D eigenvalue weighted by Crippen LogP contribution is -2.21. The number of methoxy groups -OCH3 is 1. The Kier molecular flexibility index (Phi) is 4.64. The van der Waals surface area contributed by atoms with Crippen molar-refractivity contribution in [3.63, 3.8) is 0 Å². The van der Waals surface area contributed by atoms with E-state index in [2.05, 4.69) is 14.5 Å². The van der Waals surface area contributed by atoms with Gasteiger partial charge in [0.15, 0.2) is 5.82 Å². The molecule has 0 aliphatic carbocycles. The van der Waals surface area contributed by atoms with E-state index < -0.39 is 47.9 Å². The van der Waals surface area contributed by atoms with Crippen molar-refractivity contribution in [2.45, 2.75) is 19.0 Å². The number of alkyl halides is 6. The Labute approximate surface area is 112 Å². The summed E-state index contributed by atoms with van der Waals surface area (Å²) in [7, 11) is 0.862. The molecule has 0 aliphatic rings. The molecule has 0 spiro atoms. The molecule has 1 aromatic heterocycles. The average molecular weight is 321 g/mol. The maximum atomic E-state index is 13.6.